The fourth-order valence-corrected chi connectivity index (χ4v) is 4.78. The standard InChI is InChI=1S/C19H13F2N3O3S2/c20-15(21)9-28-19-23-13-6-5-10(7-14(13)29-19)22-16(25)8-24-17(26)11-3-1-2-4-12(11)18(24)27/h1-7,15H,8-9H2,(H,22,25). The Hall–Kier alpha value is -2.85. The minimum absolute atomic E-state index is 0.283. The minimum atomic E-state index is -2.41. The van der Waals surface area contributed by atoms with Gasteiger partial charge in [-0.1, -0.05) is 23.9 Å². The summed E-state index contributed by atoms with van der Waals surface area (Å²) in [6, 6.07) is 11.4. The van der Waals surface area contributed by atoms with Gasteiger partial charge in [0.05, 0.1) is 27.1 Å². The molecular weight excluding hydrogens is 420 g/mol. The van der Waals surface area contributed by atoms with Gasteiger partial charge >= 0.3 is 0 Å². The number of hydrogen-bond acceptors (Lipinski definition) is 6. The second-order valence-corrected chi connectivity index (χ2v) is 8.45. The summed E-state index contributed by atoms with van der Waals surface area (Å²) in [5, 5.41) is 2.66. The van der Waals surface area contributed by atoms with Gasteiger partial charge in [0.2, 0.25) is 12.3 Å². The van der Waals surface area contributed by atoms with Crippen LogP contribution in [0.15, 0.2) is 46.8 Å². The van der Waals surface area contributed by atoms with E-state index in [1.54, 1.807) is 42.5 Å². The number of alkyl halides is 2. The van der Waals surface area contributed by atoms with Gasteiger partial charge in [-0.15, -0.1) is 11.3 Å². The first-order valence-corrected chi connectivity index (χ1v) is 10.3. The lowest BCUT2D eigenvalue weighted by atomic mass is 10.1. The number of halogens is 2. The fourth-order valence-electron chi connectivity index (χ4n) is 2.90. The fraction of sp³-hybridized carbons (Fsp3) is 0.158. The second-order valence-electron chi connectivity index (χ2n) is 6.15. The molecule has 0 radical (unpaired) electrons. The van der Waals surface area contributed by atoms with Gasteiger partial charge < -0.3 is 5.32 Å². The van der Waals surface area contributed by atoms with Crippen LogP contribution in [-0.4, -0.2) is 46.3 Å². The lowest BCUT2D eigenvalue weighted by Crippen LogP contribution is -2.37. The molecule has 0 saturated carbocycles. The Labute approximate surface area is 171 Å². The van der Waals surface area contributed by atoms with Gasteiger partial charge in [0.1, 0.15) is 6.54 Å². The highest BCUT2D eigenvalue weighted by molar-refractivity contribution is 8.01. The Kier molecular flexibility index (Phi) is 5.29. The van der Waals surface area contributed by atoms with E-state index < -0.39 is 30.7 Å². The van der Waals surface area contributed by atoms with Crippen LogP contribution in [0.25, 0.3) is 10.2 Å². The maximum Gasteiger partial charge on any atom is 0.262 e. The quantitative estimate of drug-likeness (QED) is 0.471. The van der Waals surface area contributed by atoms with Crippen LogP contribution in [0.5, 0.6) is 0 Å². The molecule has 3 aromatic rings. The molecule has 0 saturated heterocycles. The third-order valence-corrected chi connectivity index (χ3v) is 6.34. The van der Waals surface area contributed by atoms with Crippen molar-refractivity contribution < 1.29 is 23.2 Å². The van der Waals surface area contributed by atoms with Crippen molar-refractivity contribution >= 4 is 56.7 Å². The Morgan fingerprint density at radius 1 is 1.14 bits per heavy atom. The average molecular weight is 433 g/mol. The summed E-state index contributed by atoms with van der Waals surface area (Å²) in [4.78, 5) is 42.2. The lowest BCUT2D eigenvalue weighted by Gasteiger charge is -2.13. The number of hydrogen-bond donors (Lipinski definition) is 1. The first-order chi connectivity index (χ1) is 13.9. The van der Waals surface area contributed by atoms with Gasteiger partial charge in [-0.2, -0.15) is 0 Å². The number of amides is 3. The number of nitrogens with zero attached hydrogens (tertiary/aromatic N) is 2. The molecule has 1 aliphatic heterocycles. The zero-order valence-corrected chi connectivity index (χ0v) is 16.4. The molecule has 3 amide bonds. The monoisotopic (exact) mass is 433 g/mol. The van der Waals surface area contributed by atoms with Crippen molar-refractivity contribution in [1.29, 1.82) is 0 Å². The van der Waals surface area contributed by atoms with E-state index in [0.29, 0.717) is 15.5 Å². The van der Waals surface area contributed by atoms with E-state index in [0.717, 1.165) is 21.4 Å². The van der Waals surface area contributed by atoms with Gasteiger partial charge in [0, 0.05) is 5.69 Å². The van der Waals surface area contributed by atoms with Gasteiger partial charge in [0.15, 0.2) is 4.34 Å². The average Bonchev–Trinajstić information content (AvgIpc) is 3.21. The minimum Gasteiger partial charge on any atom is -0.324 e. The molecule has 148 valence electrons. The number of carbonyl (C=O) groups excluding carboxylic acids is 3. The van der Waals surface area contributed by atoms with Crippen LogP contribution < -0.4 is 5.32 Å². The van der Waals surface area contributed by atoms with Crippen LogP contribution in [0.2, 0.25) is 0 Å². The first kappa shape index (κ1) is 19.5. The molecule has 0 spiro atoms. The zero-order valence-electron chi connectivity index (χ0n) is 14.7. The van der Waals surface area contributed by atoms with Crippen LogP contribution in [0.1, 0.15) is 20.7 Å². The highest BCUT2D eigenvalue weighted by atomic mass is 32.2. The Morgan fingerprint density at radius 3 is 2.48 bits per heavy atom. The molecule has 2 aromatic carbocycles. The van der Waals surface area contributed by atoms with Gasteiger partial charge in [0.25, 0.3) is 11.8 Å². The van der Waals surface area contributed by atoms with E-state index in [2.05, 4.69) is 10.3 Å². The third-order valence-electron chi connectivity index (χ3n) is 4.17. The van der Waals surface area contributed by atoms with E-state index >= 15 is 0 Å². The van der Waals surface area contributed by atoms with E-state index in [1.807, 2.05) is 0 Å². The molecule has 0 aliphatic carbocycles. The SMILES string of the molecule is O=C(CN1C(=O)c2ccccc2C1=O)Nc1ccc2nc(SCC(F)F)sc2c1. The summed E-state index contributed by atoms with van der Waals surface area (Å²) in [5.41, 5.74) is 1.67. The number of fused-ring (bicyclic) bond motifs is 2. The van der Waals surface area contributed by atoms with E-state index in [-0.39, 0.29) is 16.9 Å². The van der Waals surface area contributed by atoms with Crippen LogP contribution >= 0.6 is 23.1 Å². The summed E-state index contributed by atoms with van der Waals surface area (Å²) in [6.07, 6.45) is -2.41. The lowest BCUT2D eigenvalue weighted by molar-refractivity contribution is -0.116. The number of thioether (sulfide) groups is 1. The number of rotatable bonds is 6. The van der Waals surface area contributed by atoms with Crippen molar-refractivity contribution in [1.82, 2.24) is 9.88 Å². The molecule has 0 fully saturated rings. The number of benzene rings is 2. The second kappa shape index (κ2) is 7.88. The first-order valence-electron chi connectivity index (χ1n) is 8.49. The maximum absolute atomic E-state index is 12.4. The molecule has 0 unspecified atom stereocenters. The summed E-state index contributed by atoms with van der Waals surface area (Å²) < 4.78 is 26.0. The molecule has 10 heteroatoms. The molecule has 0 atom stereocenters. The van der Waals surface area contributed by atoms with Gasteiger partial charge in [-0.25, -0.2) is 13.8 Å². The van der Waals surface area contributed by atoms with Crippen molar-refractivity contribution in [2.75, 3.05) is 17.6 Å². The van der Waals surface area contributed by atoms with Crippen LogP contribution in [-0.2, 0) is 4.79 Å². The molecule has 1 aliphatic rings. The number of imide groups is 1. The topological polar surface area (TPSA) is 79.4 Å². The summed E-state index contributed by atoms with van der Waals surface area (Å²) in [7, 11) is 0. The highest BCUT2D eigenvalue weighted by Crippen LogP contribution is 2.32. The summed E-state index contributed by atoms with van der Waals surface area (Å²) >= 11 is 2.23. The van der Waals surface area contributed by atoms with Crippen LogP contribution in [0.4, 0.5) is 14.5 Å². The van der Waals surface area contributed by atoms with Crippen LogP contribution in [0.3, 0.4) is 0 Å². The van der Waals surface area contributed by atoms with E-state index in [9.17, 15) is 23.2 Å². The number of anilines is 1. The summed E-state index contributed by atoms with van der Waals surface area (Å²) in [5.74, 6) is -1.85. The van der Waals surface area contributed by atoms with E-state index in [1.165, 1.54) is 11.3 Å². The predicted octanol–water partition coefficient (Wildman–Crippen LogP) is 3.89. The Bertz CT molecular complexity index is 1100. The number of carbonyl (C=O) groups is 3. The number of aromatic nitrogens is 1. The molecule has 1 aromatic heterocycles. The highest BCUT2D eigenvalue weighted by Gasteiger charge is 2.36. The van der Waals surface area contributed by atoms with Gasteiger partial charge in [-0.3, -0.25) is 19.3 Å². The predicted molar refractivity (Wildman–Crippen MR) is 107 cm³/mol. The van der Waals surface area contributed by atoms with Crippen LogP contribution in [0, 0.1) is 0 Å². The molecule has 0 bridgehead atoms. The van der Waals surface area contributed by atoms with Crippen molar-refractivity contribution in [3.05, 3.63) is 53.6 Å². The van der Waals surface area contributed by atoms with Gasteiger partial charge in [-0.05, 0) is 30.3 Å². The molecule has 4 rings (SSSR count). The van der Waals surface area contributed by atoms with E-state index in [4.69, 9.17) is 0 Å². The number of nitrogens with one attached hydrogen (secondary N) is 1. The molecule has 2 heterocycles. The zero-order chi connectivity index (χ0) is 20.5. The van der Waals surface area contributed by atoms with Crippen molar-refractivity contribution in [2.24, 2.45) is 0 Å². The van der Waals surface area contributed by atoms with Crippen molar-refractivity contribution in [3.8, 4) is 0 Å². The van der Waals surface area contributed by atoms with Crippen molar-refractivity contribution in [2.45, 2.75) is 10.8 Å². The normalized spacial score (nSPS) is 13.4. The molecular formula is C19H13F2N3O3S2. The Morgan fingerprint density at radius 2 is 1.83 bits per heavy atom. The maximum atomic E-state index is 12.4. The summed E-state index contributed by atoms with van der Waals surface area (Å²) in [6.45, 7) is -0.400. The molecule has 1 N–H and O–H groups in total. The smallest absolute Gasteiger partial charge is 0.262 e. The molecule has 29 heavy (non-hydrogen) atoms. The number of thiazole rings is 1. The van der Waals surface area contributed by atoms with Crippen molar-refractivity contribution in [3.63, 3.8) is 0 Å². The third kappa shape index (κ3) is 3.99. The Balaban J connectivity index is 1.44. The largest absolute Gasteiger partial charge is 0.324 e. The molecule has 6 nitrogen and oxygen atoms in total.